The van der Waals surface area contributed by atoms with Gasteiger partial charge in [0, 0.05) is 28.9 Å². The molecule has 0 radical (unpaired) electrons. The van der Waals surface area contributed by atoms with Crippen molar-refractivity contribution < 1.29 is 9.90 Å². The summed E-state index contributed by atoms with van der Waals surface area (Å²) in [5, 5.41) is 10.4. The molecular weight excluding hydrogens is 246 g/mol. The molecule has 0 atom stereocenters. The maximum Gasteiger partial charge on any atom is 0.342 e. The highest BCUT2D eigenvalue weighted by molar-refractivity contribution is 6.00. The topological polar surface area (TPSA) is 97.7 Å². The fourth-order valence-corrected chi connectivity index (χ4v) is 2.07. The molecule has 6 heteroatoms. The normalized spacial score (nSPS) is 10.9. The standard InChI is InChI=1S/C13H9N3O3/c14-10-3-1-2-8-7(10)4-5-16-11(8)15-6-9(12(16)17)13(18)19/h1-6H,14H2,(H,18,19). The Morgan fingerprint density at radius 1 is 1.26 bits per heavy atom. The zero-order valence-corrected chi connectivity index (χ0v) is 9.70. The molecule has 0 unspecified atom stereocenters. The van der Waals surface area contributed by atoms with Crippen molar-refractivity contribution in [3.8, 4) is 0 Å². The fraction of sp³-hybridized carbons (Fsp3) is 0. The maximum absolute atomic E-state index is 12.0. The molecule has 0 spiro atoms. The van der Waals surface area contributed by atoms with Crippen LogP contribution in [0.3, 0.4) is 0 Å². The second kappa shape index (κ2) is 3.81. The number of nitrogen functional groups attached to an aromatic ring is 1. The summed E-state index contributed by atoms with van der Waals surface area (Å²) in [5.74, 6) is -1.29. The second-order valence-electron chi connectivity index (χ2n) is 4.10. The number of hydrogen-bond donors (Lipinski definition) is 2. The lowest BCUT2D eigenvalue weighted by Crippen LogP contribution is -2.22. The molecule has 3 rings (SSSR count). The van der Waals surface area contributed by atoms with Gasteiger partial charge in [-0.2, -0.15) is 0 Å². The first-order valence-corrected chi connectivity index (χ1v) is 5.51. The van der Waals surface area contributed by atoms with E-state index in [4.69, 9.17) is 10.8 Å². The maximum atomic E-state index is 12.0. The highest BCUT2D eigenvalue weighted by Crippen LogP contribution is 2.22. The van der Waals surface area contributed by atoms with Crippen LogP contribution in [0.2, 0.25) is 0 Å². The highest BCUT2D eigenvalue weighted by atomic mass is 16.4. The van der Waals surface area contributed by atoms with E-state index in [2.05, 4.69) is 4.98 Å². The molecule has 3 aromatic rings. The van der Waals surface area contributed by atoms with E-state index < -0.39 is 11.5 Å². The Morgan fingerprint density at radius 2 is 2.05 bits per heavy atom. The van der Waals surface area contributed by atoms with Crippen LogP contribution in [0.15, 0.2) is 41.5 Å². The van der Waals surface area contributed by atoms with Crippen LogP contribution in [0.25, 0.3) is 16.4 Å². The van der Waals surface area contributed by atoms with Gasteiger partial charge in [0.1, 0.15) is 11.2 Å². The Kier molecular flexibility index (Phi) is 2.25. The molecule has 2 aromatic heterocycles. The number of hydrogen-bond acceptors (Lipinski definition) is 4. The third-order valence-electron chi connectivity index (χ3n) is 2.99. The van der Waals surface area contributed by atoms with Crippen molar-refractivity contribution in [3.05, 3.63) is 52.6 Å². The number of carbonyl (C=O) groups is 1. The van der Waals surface area contributed by atoms with Crippen molar-refractivity contribution in [1.82, 2.24) is 9.38 Å². The van der Waals surface area contributed by atoms with Gasteiger partial charge in [-0.15, -0.1) is 0 Å². The monoisotopic (exact) mass is 255 g/mol. The van der Waals surface area contributed by atoms with E-state index in [1.165, 1.54) is 10.6 Å². The molecule has 0 fully saturated rings. The first-order chi connectivity index (χ1) is 9.09. The predicted octanol–water partition coefficient (Wildman–Crippen LogP) is 1.13. The molecule has 0 bridgehead atoms. The number of aromatic nitrogens is 2. The summed E-state index contributed by atoms with van der Waals surface area (Å²) in [6, 6.07) is 6.97. The predicted molar refractivity (Wildman–Crippen MR) is 70.3 cm³/mol. The van der Waals surface area contributed by atoms with Crippen LogP contribution < -0.4 is 11.3 Å². The molecule has 3 N–H and O–H groups in total. The Morgan fingerprint density at radius 3 is 2.79 bits per heavy atom. The van der Waals surface area contributed by atoms with E-state index in [-0.39, 0.29) is 5.56 Å². The minimum atomic E-state index is -1.29. The van der Waals surface area contributed by atoms with Crippen molar-refractivity contribution in [2.45, 2.75) is 0 Å². The summed E-state index contributed by atoms with van der Waals surface area (Å²) in [6.07, 6.45) is 2.55. The minimum Gasteiger partial charge on any atom is -0.477 e. The van der Waals surface area contributed by atoms with Gasteiger partial charge in [0.2, 0.25) is 0 Å². The van der Waals surface area contributed by atoms with Crippen LogP contribution >= 0.6 is 0 Å². The smallest absolute Gasteiger partial charge is 0.342 e. The van der Waals surface area contributed by atoms with Crippen molar-refractivity contribution in [2.24, 2.45) is 0 Å². The second-order valence-corrected chi connectivity index (χ2v) is 4.10. The van der Waals surface area contributed by atoms with Gasteiger partial charge in [-0.05, 0) is 12.1 Å². The van der Waals surface area contributed by atoms with Gasteiger partial charge >= 0.3 is 5.97 Å². The van der Waals surface area contributed by atoms with Crippen LogP contribution in [0, 0.1) is 0 Å². The summed E-state index contributed by atoms with van der Waals surface area (Å²) in [4.78, 5) is 27.0. The lowest BCUT2D eigenvalue weighted by molar-refractivity contribution is 0.0694. The number of carboxylic acids is 1. The number of anilines is 1. The minimum absolute atomic E-state index is 0.360. The summed E-state index contributed by atoms with van der Waals surface area (Å²) >= 11 is 0. The summed E-state index contributed by atoms with van der Waals surface area (Å²) in [5.41, 5.74) is 5.85. The average molecular weight is 255 g/mol. The number of fused-ring (bicyclic) bond motifs is 3. The van der Waals surface area contributed by atoms with Gasteiger partial charge in [0.05, 0.1) is 0 Å². The van der Waals surface area contributed by atoms with Gasteiger partial charge in [-0.25, -0.2) is 9.78 Å². The number of carboxylic acid groups (broad SMARTS) is 1. The molecule has 0 aliphatic heterocycles. The van der Waals surface area contributed by atoms with E-state index in [0.29, 0.717) is 16.7 Å². The molecule has 0 amide bonds. The largest absolute Gasteiger partial charge is 0.477 e. The molecule has 0 saturated carbocycles. The lowest BCUT2D eigenvalue weighted by atomic mass is 10.1. The third kappa shape index (κ3) is 1.54. The summed E-state index contributed by atoms with van der Waals surface area (Å²) in [6.45, 7) is 0. The van der Waals surface area contributed by atoms with Gasteiger partial charge < -0.3 is 10.8 Å². The van der Waals surface area contributed by atoms with Gasteiger partial charge in [0.15, 0.2) is 0 Å². The summed E-state index contributed by atoms with van der Waals surface area (Å²) < 4.78 is 1.21. The quantitative estimate of drug-likeness (QED) is 0.501. The molecule has 2 heterocycles. The number of nitrogens with zero attached hydrogens (tertiary/aromatic N) is 2. The van der Waals surface area contributed by atoms with Crippen molar-refractivity contribution in [1.29, 1.82) is 0 Å². The number of nitrogens with two attached hydrogens (primary N) is 1. The van der Waals surface area contributed by atoms with Crippen LogP contribution in [-0.4, -0.2) is 20.5 Å². The van der Waals surface area contributed by atoms with Crippen LogP contribution in [-0.2, 0) is 0 Å². The number of rotatable bonds is 1. The van der Waals surface area contributed by atoms with E-state index in [9.17, 15) is 9.59 Å². The van der Waals surface area contributed by atoms with Crippen LogP contribution in [0.1, 0.15) is 10.4 Å². The molecule has 0 aliphatic carbocycles. The van der Waals surface area contributed by atoms with Crippen molar-refractivity contribution >= 4 is 28.1 Å². The van der Waals surface area contributed by atoms with E-state index in [0.717, 1.165) is 11.6 Å². The molecule has 19 heavy (non-hydrogen) atoms. The number of pyridine rings is 1. The number of benzene rings is 1. The first kappa shape index (κ1) is 11.2. The molecule has 6 nitrogen and oxygen atoms in total. The van der Waals surface area contributed by atoms with Gasteiger partial charge in [-0.3, -0.25) is 9.20 Å². The Bertz CT molecular complexity index is 883. The molecule has 0 saturated heterocycles. The molecule has 0 aliphatic rings. The fourth-order valence-electron chi connectivity index (χ4n) is 2.07. The lowest BCUT2D eigenvalue weighted by Gasteiger charge is -2.06. The zero-order chi connectivity index (χ0) is 13.6. The van der Waals surface area contributed by atoms with Gasteiger partial charge in [-0.1, -0.05) is 12.1 Å². The van der Waals surface area contributed by atoms with E-state index in [1.807, 2.05) is 0 Å². The first-order valence-electron chi connectivity index (χ1n) is 5.51. The Labute approximate surface area is 106 Å². The Balaban J connectivity index is 2.53. The van der Waals surface area contributed by atoms with Crippen LogP contribution in [0.4, 0.5) is 5.69 Å². The average Bonchev–Trinajstić information content (AvgIpc) is 2.39. The van der Waals surface area contributed by atoms with E-state index >= 15 is 0 Å². The zero-order valence-electron chi connectivity index (χ0n) is 9.70. The molecule has 1 aromatic carbocycles. The van der Waals surface area contributed by atoms with Crippen molar-refractivity contribution in [3.63, 3.8) is 0 Å². The molecular formula is C13H9N3O3. The van der Waals surface area contributed by atoms with Crippen molar-refractivity contribution in [2.75, 3.05) is 5.73 Å². The molecule has 94 valence electrons. The van der Waals surface area contributed by atoms with Crippen LogP contribution in [0.5, 0.6) is 0 Å². The van der Waals surface area contributed by atoms with Gasteiger partial charge in [0.25, 0.3) is 5.56 Å². The summed E-state index contributed by atoms with van der Waals surface area (Å²) in [7, 11) is 0. The third-order valence-corrected chi connectivity index (χ3v) is 2.99. The SMILES string of the molecule is Nc1cccc2c1ccn1c(=O)c(C(=O)O)cnc21. The van der Waals surface area contributed by atoms with E-state index in [1.54, 1.807) is 24.3 Å². The number of aromatic carboxylic acids is 1. The Hall–Kier alpha value is -2.89. The highest BCUT2D eigenvalue weighted by Gasteiger charge is 2.13.